The van der Waals surface area contributed by atoms with Gasteiger partial charge in [-0.2, -0.15) is 0 Å². The minimum absolute atomic E-state index is 0.114. The Morgan fingerprint density at radius 3 is 2.50 bits per heavy atom. The van der Waals surface area contributed by atoms with Gasteiger partial charge in [0.05, 0.1) is 12.1 Å². The number of benzene rings is 2. The monoisotopic (exact) mass is 373 g/mol. The van der Waals surface area contributed by atoms with Crippen LogP contribution < -0.4 is 25.0 Å². The number of carbonyl (C=O) groups is 2. The van der Waals surface area contributed by atoms with Gasteiger partial charge in [0.1, 0.15) is 19.4 Å². The molecule has 1 unspecified atom stereocenters. The van der Waals surface area contributed by atoms with E-state index in [1.165, 1.54) is 0 Å². The van der Waals surface area contributed by atoms with Gasteiger partial charge in [0.15, 0.2) is 11.5 Å². The Bertz CT molecular complexity index is 838. The SMILES string of the molecule is O=C1CC(Nc2ccc3c(c2)OCCO3)NC(=O)N1c1ccc(Cl)cc1. The summed E-state index contributed by atoms with van der Waals surface area (Å²) in [6, 6.07) is 11.4. The maximum absolute atomic E-state index is 12.5. The first-order valence-electron chi connectivity index (χ1n) is 8.15. The van der Waals surface area contributed by atoms with Crippen molar-refractivity contribution in [1.82, 2.24) is 5.32 Å². The number of nitrogens with one attached hydrogen (secondary N) is 2. The van der Waals surface area contributed by atoms with E-state index in [-0.39, 0.29) is 12.3 Å². The van der Waals surface area contributed by atoms with Crippen LogP contribution in [0.1, 0.15) is 6.42 Å². The number of amides is 3. The van der Waals surface area contributed by atoms with Crippen molar-refractivity contribution in [2.75, 3.05) is 23.4 Å². The number of imide groups is 1. The molecule has 1 fully saturated rings. The predicted molar refractivity (Wildman–Crippen MR) is 96.9 cm³/mol. The molecule has 0 spiro atoms. The average Bonchev–Trinajstić information content (AvgIpc) is 2.63. The molecule has 2 N–H and O–H groups in total. The molecule has 0 radical (unpaired) electrons. The van der Waals surface area contributed by atoms with E-state index in [4.69, 9.17) is 21.1 Å². The number of carbonyl (C=O) groups excluding carboxylic acids is 2. The Balaban J connectivity index is 1.46. The summed E-state index contributed by atoms with van der Waals surface area (Å²) in [4.78, 5) is 26.0. The van der Waals surface area contributed by atoms with E-state index in [1.54, 1.807) is 36.4 Å². The Morgan fingerprint density at radius 2 is 1.77 bits per heavy atom. The van der Waals surface area contributed by atoms with Crippen LogP contribution in [0.15, 0.2) is 42.5 Å². The van der Waals surface area contributed by atoms with Crippen LogP contribution in [0.3, 0.4) is 0 Å². The molecule has 1 atom stereocenters. The van der Waals surface area contributed by atoms with Gasteiger partial charge in [0, 0.05) is 16.8 Å². The van der Waals surface area contributed by atoms with Crippen LogP contribution in [0.5, 0.6) is 11.5 Å². The van der Waals surface area contributed by atoms with Gasteiger partial charge < -0.3 is 20.1 Å². The number of ether oxygens (including phenoxy) is 2. The van der Waals surface area contributed by atoms with Gasteiger partial charge in [0.2, 0.25) is 5.91 Å². The molecule has 26 heavy (non-hydrogen) atoms. The van der Waals surface area contributed by atoms with E-state index >= 15 is 0 Å². The smallest absolute Gasteiger partial charge is 0.330 e. The molecule has 0 saturated carbocycles. The molecular formula is C18H16ClN3O4. The first-order valence-corrected chi connectivity index (χ1v) is 8.53. The fraction of sp³-hybridized carbons (Fsp3) is 0.222. The van der Waals surface area contributed by atoms with Gasteiger partial charge in [-0.3, -0.25) is 4.79 Å². The summed E-state index contributed by atoms with van der Waals surface area (Å²) in [5, 5.41) is 6.46. The highest BCUT2D eigenvalue weighted by Gasteiger charge is 2.33. The quantitative estimate of drug-likeness (QED) is 0.864. The van der Waals surface area contributed by atoms with Gasteiger partial charge in [-0.1, -0.05) is 11.6 Å². The van der Waals surface area contributed by atoms with Crippen LogP contribution in [-0.4, -0.2) is 31.3 Å². The van der Waals surface area contributed by atoms with E-state index in [1.807, 2.05) is 6.07 Å². The van der Waals surface area contributed by atoms with Gasteiger partial charge in [-0.25, -0.2) is 9.69 Å². The van der Waals surface area contributed by atoms with Crippen LogP contribution in [-0.2, 0) is 4.79 Å². The molecule has 2 aromatic carbocycles. The van der Waals surface area contributed by atoms with E-state index in [2.05, 4.69) is 10.6 Å². The van der Waals surface area contributed by atoms with Gasteiger partial charge in [0.25, 0.3) is 0 Å². The maximum Gasteiger partial charge on any atom is 0.330 e. The van der Waals surface area contributed by atoms with Gasteiger partial charge in [-0.15, -0.1) is 0 Å². The third kappa shape index (κ3) is 3.25. The van der Waals surface area contributed by atoms with Crippen LogP contribution in [0.4, 0.5) is 16.2 Å². The number of hydrogen-bond acceptors (Lipinski definition) is 5. The van der Waals surface area contributed by atoms with Gasteiger partial charge in [-0.05, 0) is 36.4 Å². The van der Waals surface area contributed by atoms with Crippen molar-refractivity contribution in [3.8, 4) is 11.5 Å². The number of hydrogen-bond donors (Lipinski definition) is 2. The first-order chi connectivity index (χ1) is 12.6. The van der Waals surface area contributed by atoms with Crippen molar-refractivity contribution < 1.29 is 19.1 Å². The fourth-order valence-corrected chi connectivity index (χ4v) is 3.04. The zero-order valence-electron chi connectivity index (χ0n) is 13.7. The molecule has 0 bridgehead atoms. The molecule has 2 heterocycles. The van der Waals surface area contributed by atoms with Crippen LogP contribution >= 0.6 is 11.6 Å². The molecule has 0 aliphatic carbocycles. The lowest BCUT2D eigenvalue weighted by atomic mass is 10.2. The normalized spacial score (nSPS) is 19.1. The Morgan fingerprint density at radius 1 is 1.04 bits per heavy atom. The second kappa shape index (κ2) is 6.76. The lowest BCUT2D eigenvalue weighted by molar-refractivity contribution is -0.118. The van der Waals surface area contributed by atoms with Crippen molar-refractivity contribution >= 4 is 34.9 Å². The van der Waals surface area contributed by atoms with Crippen molar-refractivity contribution in [2.45, 2.75) is 12.6 Å². The average molecular weight is 374 g/mol. The number of rotatable bonds is 3. The molecule has 134 valence electrons. The predicted octanol–water partition coefficient (Wildman–Crippen LogP) is 3.00. The van der Waals surface area contributed by atoms with Crippen LogP contribution in [0, 0.1) is 0 Å². The lowest BCUT2D eigenvalue weighted by Gasteiger charge is -2.32. The molecule has 2 aliphatic rings. The highest BCUT2D eigenvalue weighted by molar-refractivity contribution is 6.30. The number of halogens is 1. The van der Waals surface area contributed by atoms with E-state index in [9.17, 15) is 9.59 Å². The van der Waals surface area contributed by atoms with E-state index < -0.39 is 12.2 Å². The van der Waals surface area contributed by atoms with Crippen molar-refractivity contribution in [3.05, 3.63) is 47.5 Å². The summed E-state index contributed by atoms with van der Waals surface area (Å²) >= 11 is 5.85. The largest absolute Gasteiger partial charge is 0.486 e. The lowest BCUT2D eigenvalue weighted by Crippen LogP contribution is -2.57. The zero-order valence-corrected chi connectivity index (χ0v) is 14.5. The summed E-state index contributed by atoms with van der Waals surface area (Å²) in [7, 11) is 0. The third-order valence-corrected chi connectivity index (χ3v) is 4.35. The number of nitrogens with zero attached hydrogens (tertiary/aromatic N) is 1. The summed E-state index contributed by atoms with van der Waals surface area (Å²) in [5.74, 6) is 1.02. The molecular weight excluding hydrogens is 358 g/mol. The molecule has 1 saturated heterocycles. The van der Waals surface area contributed by atoms with E-state index in [0.717, 1.165) is 10.6 Å². The second-order valence-corrected chi connectivity index (χ2v) is 6.35. The standard InChI is InChI=1S/C18H16ClN3O4/c19-11-1-4-13(5-2-11)22-17(23)10-16(21-18(22)24)20-12-3-6-14-15(9-12)26-8-7-25-14/h1-6,9,16,20H,7-8,10H2,(H,21,24). The molecule has 0 aromatic heterocycles. The number of anilines is 2. The number of urea groups is 1. The first kappa shape index (κ1) is 16.5. The Kier molecular flexibility index (Phi) is 4.30. The van der Waals surface area contributed by atoms with Crippen molar-refractivity contribution in [3.63, 3.8) is 0 Å². The highest BCUT2D eigenvalue weighted by Crippen LogP contribution is 2.33. The van der Waals surface area contributed by atoms with Crippen molar-refractivity contribution in [1.29, 1.82) is 0 Å². The minimum Gasteiger partial charge on any atom is -0.486 e. The van der Waals surface area contributed by atoms with Crippen LogP contribution in [0.2, 0.25) is 5.02 Å². The summed E-state index contributed by atoms with van der Waals surface area (Å²) in [5.41, 5.74) is 1.21. The zero-order chi connectivity index (χ0) is 18.1. The Hall–Kier alpha value is -2.93. The van der Waals surface area contributed by atoms with E-state index in [0.29, 0.717) is 35.4 Å². The van der Waals surface area contributed by atoms with Gasteiger partial charge >= 0.3 is 6.03 Å². The second-order valence-electron chi connectivity index (χ2n) is 5.91. The fourth-order valence-electron chi connectivity index (χ4n) is 2.92. The summed E-state index contributed by atoms with van der Waals surface area (Å²) < 4.78 is 11.0. The molecule has 4 rings (SSSR count). The molecule has 8 heteroatoms. The third-order valence-electron chi connectivity index (χ3n) is 4.10. The topological polar surface area (TPSA) is 79.9 Å². The minimum atomic E-state index is -0.513. The molecule has 7 nitrogen and oxygen atoms in total. The van der Waals surface area contributed by atoms with Crippen molar-refractivity contribution in [2.24, 2.45) is 0 Å². The highest BCUT2D eigenvalue weighted by atomic mass is 35.5. The maximum atomic E-state index is 12.5. The number of fused-ring (bicyclic) bond motifs is 1. The Labute approximate surface area is 154 Å². The summed E-state index contributed by atoms with van der Waals surface area (Å²) in [6.07, 6.45) is -0.399. The molecule has 2 aliphatic heterocycles. The molecule has 3 amide bonds. The summed E-state index contributed by atoms with van der Waals surface area (Å²) in [6.45, 7) is 1.01. The van der Waals surface area contributed by atoms with Crippen LogP contribution in [0.25, 0.3) is 0 Å². The molecule has 2 aromatic rings.